The Kier molecular flexibility index (Phi) is 16.2. The highest BCUT2D eigenvalue weighted by Crippen LogP contribution is 2.50. The number of carboxylic acids is 2. The molecule has 0 bridgehead atoms. The lowest BCUT2D eigenvalue weighted by atomic mass is 9.97. The van der Waals surface area contributed by atoms with Crippen molar-refractivity contribution in [2.24, 2.45) is 11.8 Å². The van der Waals surface area contributed by atoms with E-state index in [1.165, 1.54) is 24.3 Å². The summed E-state index contributed by atoms with van der Waals surface area (Å²) in [7, 11) is 0. The van der Waals surface area contributed by atoms with Gasteiger partial charge in [0, 0.05) is 123 Å². The van der Waals surface area contributed by atoms with Crippen molar-refractivity contribution in [2.45, 2.75) is 37.0 Å². The van der Waals surface area contributed by atoms with Gasteiger partial charge >= 0.3 is 24.3 Å². The molecule has 26 heteroatoms. The Morgan fingerprint density at radius 2 is 0.849 bits per heavy atom. The third-order valence-corrected chi connectivity index (χ3v) is 16.1. The lowest BCUT2D eigenvalue weighted by Crippen LogP contribution is -2.47. The number of piperazine rings is 2. The number of benzene rings is 4. The van der Waals surface area contributed by atoms with Crippen LogP contribution in [0.5, 0.6) is 0 Å². The van der Waals surface area contributed by atoms with Crippen LogP contribution in [0.4, 0.5) is 55.3 Å². The van der Waals surface area contributed by atoms with Crippen molar-refractivity contribution in [3.63, 3.8) is 0 Å². The van der Waals surface area contributed by atoms with Gasteiger partial charge in [0.15, 0.2) is 23.0 Å². The predicted molar refractivity (Wildman–Crippen MR) is 302 cm³/mol. The maximum atomic E-state index is 13.8. The SMILES string of the molecule is O=C(O)c1cnn(-c2cccc(-c3cc(Cl)ccc3-c3ccc(N4CCN(C[C@@H]5CC5(F)F)CC4)cc3)n2)c1C(F)(F)F.O=C(O)c1cnn(-c2cccc(-c3cc(Cl)ccc3-c3ccc(N4CCN(C[C@H]5CC5(F)F)CC4)cc3)n2)c1C(F)(F)F. The summed E-state index contributed by atoms with van der Waals surface area (Å²) >= 11 is 12.6. The van der Waals surface area contributed by atoms with Crippen LogP contribution in [0.25, 0.3) is 56.4 Å². The molecule has 0 unspecified atom stereocenters. The van der Waals surface area contributed by atoms with E-state index in [0.29, 0.717) is 93.6 Å². The van der Waals surface area contributed by atoms with E-state index in [4.69, 9.17) is 23.2 Å². The van der Waals surface area contributed by atoms with Crippen LogP contribution >= 0.6 is 23.2 Å². The fourth-order valence-corrected chi connectivity index (χ4v) is 11.2. The predicted octanol–water partition coefficient (Wildman–Crippen LogP) is 13.5. The Bertz CT molecular complexity index is 3580. The molecule has 448 valence electrons. The van der Waals surface area contributed by atoms with Crippen molar-refractivity contribution in [3.05, 3.63) is 166 Å². The Morgan fingerprint density at radius 1 is 0.500 bits per heavy atom. The molecule has 2 saturated heterocycles. The van der Waals surface area contributed by atoms with E-state index < -0.39 is 70.5 Å². The summed E-state index contributed by atoms with van der Waals surface area (Å²) in [5, 5.41) is 26.7. The lowest BCUT2D eigenvalue weighted by molar-refractivity contribution is -0.144. The third kappa shape index (κ3) is 12.9. The van der Waals surface area contributed by atoms with Gasteiger partial charge in [0.2, 0.25) is 0 Å². The average Bonchev–Trinajstić information content (AvgIpc) is 1.69. The Morgan fingerprint density at radius 3 is 1.16 bits per heavy atom. The number of aromatic carboxylic acids is 2. The number of hydrogen-bond acceptors (Lipinski definition) is 10. The zero-order valence-corrected chi connectivity index (χ0v) is 46.6. The third-order valence-electron chi connectivity index (χ3n) is 15.7. The first kappa shape index (κ1) is 59.7. The number of anilines is 2. The number of rotatable bonds is 14. The molecule has 0 radical (unpaired) electrons. The fourth-order valence-electron chi connectivity index (χ4n) is 10.9. The van der Waals surface area contributed by atoms with E-state index in [2.05, 4.69) is 39.8 Å². The zero-order chi connectivity index (χ0) is 61.0. The molecule has 14 nitrogen and oxygen atoms in total. The summed E-state index contributed by atoms with van der Waals surface area (Å²) in [5.41, 5.74) is 2.02. The van der Waals surface area contributed by atoms with Gasteiger partial charge in [-0.15, -0.1) is 0 Å². The van der Waals surface area contributed by atoms with E-state index in [-0.39, 0.29) is 24.5 Å². The van der Waals surface area contributed by atoms with Crippen LogP contribution in [0.2, 0.25) is 10.0 Å². The fraction of sp³-hybridized carbons (Fsp3) is 0.300. The van der Waals surface area contributed by atoms with Gasteiger partial charge in [-0.05, 0) is 95.1 Å². The zero-order valence-electron chi connectivity index (χ0n) is 45.1. The summed E-state index contributed by atoms with van der Waals surface area (Å²) in [6.45, 7) is 6.55. The van der Waals surface area contributed by atoms with E-state index in [0.717, 1.165) is 59.8 Å². The molecule has 12 rings (SSSR count). The molecular weight excluding hydrogens is 1190 g/mol. The van der Waals surface area contributed by atoms with Crippen molar-refractivity contribution < 1.29 is 63.7 Å². The first-order chi connectivity index (χ1) is 40.8. The van der Waals surface area contributed by atoms with Crippen molar-refractivity contribution in [2.75, 3.05) is 75.2 Å². The van der Waals surface area contributed by atoms with Crippen LogP contribution in [0.1, 0.15) is 44.9 Å². The Balaban J connectivity index is 0.000000179. The number of carbonyl (C=O) groups is 2. The monoisotopic (exact) mass is 1230 g/mol. The second kappa shape index (κ2) is 23.3. The highest BCUT2D eigenvalue weighted by atomic mass is 35.5. The molecule has 2 saturated carbocycles. The largest absolute Gasteiger partial charge is 0.478 e. The molecule has 4 aliphatic rings. The topological polar surface area (TPSA) is 149 Å². The minimum atomic E-state index is -4.98. The van der Waals surface area contributed by atoms with Gasteiger partial charge in [-0.3, -0.25) is 9.80 Å². The smallest absolute Gasteiger partial charge is 0.434 e. The van der Waals surface area contributed by atoms with Gasteiger partial charge < -0.3 is 20.0 Å². The molecule has 4 fully saturated rings. The molecule has 2 atom stereocenters. The van der Waals surface area contributed by atoms with E-state index in [1.54, 1.807) is 48.5 Å². The van der Waals surface area contributed by atoms with Crippen LogP contribution in [-0.4, -0.2) is 139 Å². The minimum absolute atomic E-state index is 0.0231. The van der Waals surface area contributed by atoms with E-state index in [1.807, 2.05) is 48.5 Å². The summed E-state index contributed by atoms with van der Waals surface area (Å²) in [5.74, 6) is -10.0. The van der Waals surface area contributed by atoms with Gasteiger partial charge in [0.1, 0.15) is 11.1 Å². The maximum Gasteiger partial charge on any atom is 0.434 e. The van der Waals surface area contributed by atoms with Gasteiger partial charge in [0.05, 0.1) is 23.8 Å². The summed E-state index contributed by atoms with van der Waals surface area (Å²) < 4.78 is 137. The summed E-state index contributed by atoms with van der Waals surface area (Å²) in [4.78, 5) is 40.2. The highest BCUT2D eigenvalue weighted by Gasteiger charge is 2.58. The Hall–Kier alpha value is -8.06. The van der Waals surface area contributed by atoms with Crippen molar-refractivity contribution >= 4 is 46.5 Å². The first-order valence-electron chi connectivity index (χ1n) is 27.0. The van der Waals surface area contributed by atoms with Gasteiger partial charge in [0.25, 0.3) is 11.8 Å². The van der Waals surface area contributed by atoms with Gasteiger partial charge in [-0.25, -0.2) is 46.5 Å². The molecule has 4 aromatic carbocycles. The van der Waals surface area contributed by atoms with Crippen molar-refractivity contribution in [3.8, 4) is 56.4 Å². The normalized spacial score (nSPS) is 18.6. The molecule has 0 spiro atoms. The van der Waals surface area contributed by atoms with Crippen molar-refractivity contribution in [1.82, 2.24) is 39.3 Å². The van der Waals surface area contributed by atoms with Crippen LogP contribution in [-0.2, 0) is 12.4 Å². The molecule has 4 aromatic heterocycles. The number of aromatic nitrogens is 6. The summed E-state index contributed by atoms with van der Waals surface area (Å²) in [6, 6.07) is 34.8. The van der Waals surface area contributed by atoms with E-state index >= 15 is 0 Å². The second-order valence-corrected chi connectivity index (χ2v) is 22.3. The quantitative estimate of drug-likeness (QED) is 0.0998. The van der Waals surface area contributed by atoms with Crippen LogP contribution in [0.3, 0.4) is 0 Å². The first-order valence-corrected chi connectivity index (χ1v) is 27.8. The number of carboxylic acid groups (broad SMARTS) is 2. The number of nitrogens with zero attached hydrogens (tertiary/aromatic N) is 10. The average molecular weight is 1240 g/mol. The van der Waals surface area contributed by atoms with Crippen LogP contribution < -0.4 is 9.80 Å². The molecule has 0 amide bonds. The van der Waals surface area contributed by atoms with E-state index in [9.17, 15) is 63.7 Å². The molecular formula is C60H50Cl2F10N10O4. The molecule has 8 aromatic rings. The number of pyridine rings is 2. The van der Waals surface area contributed by atoms with Crippen LogP contribution in [0, 0.1) is 11.8 Å². The highest BCUT2D eigenvalue weighted by molar-refractivity contribution is 6.31. The summed E-state index contributed by atoms with van der Waals surface area (Å²) in [6.07, 6.45) is -8.71. The molecule has 6 heterocycles. The standard InChI is InChI=1S/2C30H25ClF5N5O2/c2*31-20-6-9-22(18-4-7-21(8-5-18)40-12-10-39(11-13-40)17-19-15-29(19,32)33)23(14-20)25-2-1-3-26(38-25)41-27(30(34,35)36)24(16-37-41)28(42)43/h2*1-9,14,16,19H,10-13,15,17H2,(H,42,43)/t2*19-/m10/s1. The number of halogens is 12. The Labute approximate surface area is 494 Å². The minimum Gasteiger partial charge on any atom is -0.478 e. The lowest BCUT2D eigenvalue weighted by Gasteiger charge is -2.36. The second-order valence-electron chi connectivity index (χ2n) is 21.4. The molecule has 2 aliphatic heterocycles. The molecule has 2 N–H and O–H groups in total. The van der Waals surface area contributed by atoms with Crippen LogP contribution in [0.15, 0.2) is 134 Å². The maximum absolute atomic E-state index is 13.8. The van der Waals surface area contributed by atoms with Crippen molar-refractivity contribution in [1.29, 1.82) is 0 Å². The number of hydrogen-bond donors (Lipinski definition) is 2. The molecule has 2 aliphatic carbocycles. The molecule has 86 heavy (non-hydrogen) atoms. The number of alkyl halides is 10. The van der Waals surface area contributed by atoms with Gasteiger partial charge in [-0.1, -0.05) is 71.7 Å². The van der Waals surface area contributed by atoms with Gasteiger partial charge in [-0.2, -0.15) is 36.5 Å².